The van der Waals surface area contributed by atoms with Crippen LogP contribution >= 0.6 is 23.2 Å². The maximum atomic E-state index is 13.8. The maximum absolute atomic E-state index is 13.8. The van der Waals surface area contributed by atoms with Crippen molar-refractivity contribution in [3.8, 4) is 11.3 Å². The van der Waals surface area contributed by atoms with Crippen LogP contribution in [-0.4, -0.2) is 65.9 Å². The highest BCUT2D eigenvalue weighted by Crippen LogP contribution is 2.34. The molecule has 1 aromatic carbocycles. The number of hydrogen-bond donors (Lipinski definition) is 0. The number of aromatic nitrogens is 3. The van der Waals surface area contributed by atoms with E-state index >= 15 is 0 Å². The van der Waals surface area contributed by atoms with Crippen molar-refractivity contribution >= 4 is 34.8 Å². The fourth-order valence-electron chi connectivity index (χ4n) is 2.96. The van der Waals surface area contributed by atoms with Gasteiger partial charge in [0.15, 0.2) is 17.0 Å². The fraction of sp³-hybridized carbons (Fsp3) is 0.350. The fourth-order valence-corrected chi connectivity index (χ4v) is 3.26. The zero-order chi connectivity index (χ0) is 23.5. The minimum atomic E-state index is -4.75. The summed E-state index contributed by atoms with van der Waals surface area (Å²) in [5.74, 6) is -0.561. The van der Waals surface area contributed by atoms with Crippen LogP contribution in [0.25, 0.3) is 16.9 Å². The lowest BCUT2D eigenvalue weighted by atomic mass is 10.1. The molecule has 7 nitrogen and oxygen atoms in total. The zero-order valence-electron chi connectivity index (χ0n) is 17.1. The van der Waals surface area contributed by atoms with Gasteiger partial charge in [-0.3, -0.25) is 4.79 Å². The molecule has 0 aliphatic carbocycles. The monoisotopic (exact) mass is 490 g/mol. The molecule has 0 bridgehead atoms. The number of nitrogens with zero attached hydrogens (tertiary/aromatic N) is 4. The van der Waals surface area contributed by atoms with Gasteiger partial charge < -0.3 is 14.4 Å². The van der Waals surface area contributed by atoms with Crippen molar-refractivity contribution in [3.63, 3.8) is 0 Å². The first-order valence-corrected chi connectivity index (χ1v) is 10.1. The number of carbonyl (C=O) groups excluding carboxylic acids is 1. The highest BCUT2D eigenvalue weighted by Gasteiger charge is 2.36. The van der Waals surface area contributed by atoms with Crippen molar-refractivity contribution in [1.82, 2.24) is 19.5 Å². The Hall–Kier alpha value is -2.40. The molecule has 0 atom stereocenters. The van der Waals surface area contributed by atoms with E-state index in [-0.39, 0.29) is 53.4 Å². The van der Waals surface area contributed by atoms with Gasteiger partial charge in [0.2, 0.25) is 0 Å². The number of rotatable bonds is 8. The number of ether oxygens (including phenoxy) is 2. The lowest BCUT2D eigenvalue weighted by Crippen LogP contribution is -2.36. The van der Waals surface area contributed by atoms with Crippen LogP contribution in [0.3, 0.4) is 0 Å². The van der Waals surface area contributed by atoms with Crippen molar-refractivity contribution in [2.24, 2.45) is 0 Å². The molecule has 0 fully saturated rings. The Bertz CT molecular complexity index is 1110. The van der Waals surface area contributed by atoms with Gasteiger partial charge in [-0.25, -0.2) is 9.50 Å². The third-order valence-corrected chi connectivity index (χ3v) is 5.31. The van der Waals surface area contributed by atoms with Gasteiger partial charge >= 0.3 is 6.18 Å². The molecule has 0 aliphatic heterocycles. The Morgan fingerprint density at radius 3 is 2.28 bits per heavy atom. The second-order valence-electron chi connectivity index (χ2n) is 6.73. The average Bonchev–Trinajstić information content (AvgIpc) is 3.18. The second kappa shape index (κ2) is 10.0. The Morgan fingerprint density at radius 1 is 1.06 bits per heavy atom. The van der Waals surface area contributed by atoms with Crippen molar-refractivity contribution in [3.05, 3.63) is 51.8 Å². The number of halogens is 5. The molecule has 3 aromatic rings. The summed E-state index contributed by atoms with van der Waals surface area (Å²) in [7, 11) is 2.96. The van der Waals surface area contributed by atoms with Gasteiger partial charge in [-0.1, -0.05) is 29.3 Å². The predicted molar refractivity (Wildman–Crippen MR) is 113 cm³/mol. The molecule has 2 heterocycles. The third-order valence-electron chi connectivity index (χ3n) is 4.57. The van der Waals surface area contributed by atoms with Crippen LogP contribution in [0, 0.1) is 0 Å². The van der Waals surface area contributed by atoms with Gasteiger partial charge in [0, 0.05) is 38.9 Å². The van der Waals surface area contributed by atoms with Gasteiger partial charge in [0.1, 0.15) is 0 Å². The number of fused-ring (bicyclic) bond motifs is 1. The van der Waals surface area contributed by atoms with Crippen LogP contribution < -0.4 is 0 Å². The Labute approximate surface area is 191 Å². The quantitative estimate of drug-likeness (QED) is 0.466. The van der Waals surface area contributed by atoms with Crippen LogP contribution in [0.2, 0.25) is 10.0 Å². The van der Waals surface area contributed by atoms with E-state index < -0.39 is 17.8 Å². The molecule has 0 saturated carbocycles. The van der Waals surface area contributed by atoms with Gasteiger partial charge in [0.05, 0.1) is 29.0 Å². The lowest BCUT2D eigenvalue weighted by Gasteiger charge is -2.20. The first kappa shape index (κ1) is 24.2. The third kappa shape index (κ3) is 5.32. The summed E-state index contributed by atoms with van der Waals surface area (Å²) in [6.07, 6.45) is -4.75. The maximum Gasteiger partial charge on any atom is 0.433 e. The van der Waals surface area contributed by atoms with Crippen molar-refractivity contribution in [2.75, 3.05) is 40.5 Å². The summed E-state index contributed by atoms with van der Waals surface area (Å²) in [5, 5.41) is 4.33. The number of amides is 1. The molecule has 0 aliphatic rings. The van der Waals surface area contributed by atoms with E-state index in [9.17, 15) is 18.0 Å². The second-order valence-corrected chi connectivity index (χ2v) is 7.55. The van der Waals surface area contributed by atoms with E-state index in [1.165, 1.54) is 43.4 Å². The summed E-state index contributed by atoms with van der Waals surface area (Å²) in [4.78, 5) is 18.6. The van der Waals surface area contributed by atoms with E-state index in [2.05, 4.69) is 10.1 Å². The number of benzene rings is 1. The molecule has 0 N–H and O–H groups in total. The van der Waals surface area contributed by atoms with Gasteiger partial charge in [-0.15, -0.1) is 0 Å². The normalized spacial score (nSPS) is 11.8. The summed E-state index contributed by atoms with van der Waals surface area (Å²) >= 11 is 11.9. The number of alkyl halides is 3. The summed E-state index contributed by atoms with van der Waals surface area (Å²) in [5.41, 5.74) is -1.05. The van der Waals surface area contributed by atoms with E-state index in [1.807, 2.05) is 0 Å². The summed E-state index contributed by atoms with van der Waals surface area (Å²) < 4.78 is 52.0. The van der Waals surface area contributed by atoms with Crippen LogP contribution in [0.4, 0.5) is 13.2 Å². The molecule has 0 spiro atoms. The van der Waals surface area contributed by atoms with Crippen molar-refractivity contribution < 1.29 is 27.4 Å². The topological polar surface area (TPSA) is 69.0 Å². The van der Waals surface area contributed by atoms with Crippen molar-refractivity contribution in [2.45, 2.75) is 6.18 Å². The summed E-state index contributed by atoms with van der Waals surface area (Å²) in [6, 6.07) is 6.45. The molecule has 12 heteroatoms. The van der Waals surface area contributed by atoms with Gasteiger partial charge in [-0.2, -0.15) is 18.3 Å². The predicted octanol–water partition coefficient (Wildman–Crippen LogP) is 4.46. The SMILES string of the molecule is COCCN(CCOC)C(=O)c1cc2nc(-c3ccc(Cl)c(Cl)c3)cc(C(F)(F)F)n2n1. The van der Waals surface area contributed by atoms with E-state index in [4.69, 9.17) is 32.7 Å². The molecule has 3 rings (SSSR count). The molecule has 0 unspecified atom stereocenters. The lowest BCUT2D eigenvalue weighted by molar-refractivity contribution is -0.142. The number of hydrogen-bond acceptors (Lipinski definition) is 5. The Balaban J connectivity index is 2.09. The van der Waals surface area contributed by atoms with Crippen LogP contribution in [-0.2, 0) is 15.7 Å². The zero-order valence-corrected chi connectivity index (χ0v) is 18.6. The van der Waals surface area contributed by atoms with Crippen LogP contribution in [0.5, 0.6) is 0 Å². The van der Waals surface area contributed by atoms with Crippen LogP contribution in [0.15, 0.2) is 30.3 Å². The average molecular weight is 491 g/mol. The molecule has 0 radical (unpaired) electrons. The molecule has 32 heavy (non-hydrogen) atoms. The highest BCUT2D eigenvalue weighted by molar-refractivity contribution is 6.42. The molecular weight excluding hydrogens is 472 g/mol. The Kier molecular flexibility index (Phi) is 7.60. The molecular formula is C20H19Cl2F3N4O3. The summed E-state index contributed by atoms with van der Waals surface area (Å²) in [6.45, 7) is 0.938. The highest BCUT2D eigenvalue weighted by atomic mass is 35.5. The van der Waals surface area contributed by atoms with Crippen LogP contribution in [0.1, 0.15) is 16.2 Å². The van der Waals surface area contributed by atoms with Gasteiger partial charge in [0.25, 0.3) is 5.91 Å². The minimum absolute atomic E-state index is 0.0120. The van der Waals surface area contributed by atoms with E-state index in [0.717, 1.165) is 6.07 Å². The molecule has 172 valence electrons. The molecule has 0 saturated heterocycles. The first-order chi connectivity index (χ1) is 15.2. The Morgan fingerprint density at radius 2 is 1.72 bits per heavy atom. The number of methoxy groups -OCH3 is 2. The molecule has 1 amide bonds. The number of carbonyl (C=O) groups is 1. The molecule has 2 aromatic heterocycles. The van der Waals surface area contributed by atoms with Crippen molar-refractivity contribution in [1.29, 1.82) is 0 Å². The smallest absolute Gasteiger partial charge is 0.383 e. The minimum Gasteiger partial charge on any atom is -0.383 e. The van der Waals surface area contributed by atoms with E-state index in [0.29, 0.717) is 10.1 Å². The first-order valence-electron chi connectivity index (χ1n) is 9.36. The standard InChI is InChI=1S/C20H19Cl2F3N4O3/c1-31-7-5-28(6-8-32-2)19(30)16-11-18-26-15(12-3-4-13(21)14(22)9-12)10-17(20(23,24)25)29(18)27-16/h3-4,9-11H,5-8H2,1-2H3. The van der Waals surface area contributed by atoms with Gasteiger partial charge in [-0.05, 0) is 18.2 Å². The largest absolute Gasteiger partial charge is 0.433 e. The van der Waals surface area contributed by atoms with E-state index in [1.54, 1.807) is 0 Å².